The van der Waals surface area contributed by atoms with Crippen LogP contribution in [-0.4, -0.2) is 5.91 Å². The fraction of sp³-hybridized carbons (Fsp3) is 0.154. The van der Waals surface area contributed by atoms with E-state index in [1.807, 2.05) is 37.4 Å². The predicted octanol–water partition coefficient (Wildman–Crippen LogP) is 4.38. The molecule has 0 aliphatic carbocycles. The van der Waals surface area contributed by atoms with Crippen molar-refractivity contribution in [3.05, 3.63) is 50.1 Å². The highest BCUT2D eigenvalue weighted by Gasteiger charge is 2.12. The van der Waals surface area contributed by atoms with Gasteiger partial charge in [-0.25, -0.2) is 0 Å². The van der Waals surface area contributed by atoms with E-state index < -0.39 is 0 Å². The second kappa shape index (κ2) is 5.02. The van der Waals surface area contributed by atoms with Gasteiger partial charge in [-0.2, -0.15) is 0 Å². The van der Waals surface area contributed by atoms with Crippen LogP contribution in [0.25, 0.3) is 0 Å². The Morgan fingerprint density at radius 2 is 2.06 bits per heavy atom. The van der Waals surface area contributed by atoms with Crippen LogP contribution in [0.4, 0.5) is 5.69 Å². The van der Waals surface area contributed by atoms with Gasteiger partial charge in [0.25, 0.3) is 5.91 Å². The van der Waals surface area contributed by atoms with Gasteiger partial charge >= 0.3 is 0 Å². The average molecular weight is 310 g/mol. The molecule has 88 valence electrons. The third-order valence-electron chi connectivity index (χ3n) is 2.45. The van der Waals surface area contributed by atoms with E-state index >= 15 is 0 Å². The summed E-state index contributed by atoms with van der Waals surface area (Å²) < 4.78 is 0.838. The van der Waals surface area contributed by atoms with Gasteiger partial charge in [0.05, 0.1) is 0 Å². The van der Waals surface area contributed by atoms with E-state index in [0.29, 0.717) is 4.88 Å². The molecule has 2 aromatic rings. The van der Waals surface area contributed by atoms with Gasteiger partial charge in [-0.05, 0) is 52.9 Å². The van der Waals surface area contributed by atoms with Crippen LogP contribution in [0.3, 0.4) is 0 Å². The Morgan fingerprint density at radius 1 is 1.29 bits per heavy atom. The number of hydrogen-bond donors (Lipinski definition) is 1. The van der Waals surface area contributed by atoms with Gasteiger partial charge in [0.15, 0.2) is 0 Å². The number of thiophene rings is 1. The zero-order chi connectivity index (χ0) is 12.4. The summed E-state index contributed by atoms with van der Waals surface area (Å²) >= 11 is 4.79. The van der Waals surface area contributed by atoms with Crippen molar-refractivity contribution in [2.24, 2.45) is 0 Å². The van der Waals surface area contributed by atoms with Crippen molar-refractivity contribution in [2.45, 2.75) is 13.8 Å². The molecule has 0 atom stereocenters. The van der Waals surface area contributed by atoms with Gasteiger partial charge < -0.3 is 5.32 Å². The SMILES string of the molecule is Cc1ccc(NC(=O)c2sccc2Br)c(C)c1. The Balaban J connectivity index is 2.22. The lowest BCUT2D eigenvalue weighted by Gasteiger charge is -2.08. The summed E-state index contributed by atoms with van der Waals surface area (Å²) in [7, 11) is 0. The number of nitrogens with one attached hydrogen (secondary N) is 1. The lowest BCUT2D eigenvalue weighted by Crippen LogP contribution is -2.11. The van der Waals surface area contributed by atoms with Crippen LogP contribution in [0, 0.1) is 13.8 Å². The van der Waals surface area contributed by atoms with Gasteiger partial charge in [0.1, 0.15) is 4.88 Å². The highest BCUT2D eigenvalue weighted by atomic mass is 79.9. The van der Waals surface area contributed by atoms with Crippen molar-refractivity contribution < 1.29 is 4.79 Å². The molecule has 0 saturated heterocycles. The summed E-state index contributed by atoms with van der Waals surface area (Å²) in [5.41, 5.74) is 3.13. The Kier molecular flexibility index (Phi) is 3.64. The number of carbonyl (C=O) groups excluding carboxylic acids is 1. The molecule has 0 aliphatic rings. The van der Waals surface area contributed by atoms with Crippen LogP contribution in [0.2, 0.25) is 0 Å². The Bertz CT molecular complexity index is 562. The van der Waals surface area contributed by atoms with Gasteiger partial charge in [-0.1, -0.05) is 17.7 Å². The first kappa shape index (κ1) is 12.3. The van der Waals surface area contributed by atoms with E-state index in [1.54, 1.807) is 0 Å². The van der Waals surface area contributed by atoms with Crippen LogP contribution in [0.15, 0.2) is 34.1 Å². The number of benzene rings is 1. The fourth-order valence-electron chi connectivity index (χ4n) is 1.59. The van der Waals surface area contributed by atoms with E-state index in [9.17, 15) is 4.79 Å². The van der Waals surface area contributed by atoms with Crippen molar-refractivity contribution in [1.82, 2.24) is 0 Å². The molecule has 1 aromatic heterocycles. The first-order valence-electron chi connectivity index (χ1n) is 5.19. The van der Waals surface area contributed by atoms with Crippen molar-refractivity contribution in [1.29, 1.82) is 0 Å². The zero-order valence-corrected chi connectivity index (χ0v) is 12.0. The second-order valence-corrected chi connectivity index (χ2v) is 5.64. The third kappa shape index (κ3) is 2.76. The smallest absolute Gasteiger partial charge is 0.266 e. The molecule has 0 bridgehead atoms. The molecule has 0 radical (unpaired) electrons. The number of aryl methyl sites for hydroxylation is 2. The minimum absolute atomic E-state index is 0.0705. The highest BCUT2D eigenvalue weighted by Crippen LogP contribution is 2.24. The number of halogens is 1. The predicted molar refractivity (Wildman–Crippen MR) is 75.9 cm³/mol. The summed E-state index contributed by atoms with van der Waals surface area (Å²) in [5.74, 6) is -0.0705. The highest BCUT2D eigenvalue weighted by molar-refractivity contribution is 9.10. The molecule has 0 spiro atoms. The molecule has 1 amide bonds. The summed E-state index contributed by atoms with van der Waals surface area (Å²) in [4.78, 5) is 12.7. The fourth-order valence-corrected chi connectivity index (χ4v) is 3.04. The minimum atomic E-state index is -0.0705. The maximum atomic E-state index is 12.0. The first-order valence-corrected chi connectivity index (χ1v) is 6.87. The second-order valence-electron chi connectivity index (χ2n) is 3.87. The quantitative estimate of drug-likeness (QED) is 0.876. The van der Waals surface area contributed by atoms with Gasteiger partial charge in [0.2, 0.25) is 0 Å². The zero-order valence-electron chi connectivity index (χ0n) is 9.58. The van der Waals surface area contributed by atoms with E-state index in [1.165, 1.54) is 16.9 Å². The van der Waals surface area contributed by atoms with Crippen LogP contribution in [0.5, 0.6) is 0 Å². The molecule has 0 aliphatic heterocycles. The topological polar surface area (TPSA) is 29.1 Å². The van der Waals surface area contributed by atoms with Crippen molar-refractivity contribution in [3.8, 4) is 0 Å². The minimum Gasteiger partial charge on any atom is -0.321 e. The summed E-state index contributed by atoms with van der Waals surface area (Å²) in [6, 6.07) is 7.86. The van der Waals surface area contributed by atoms with Crippen molar-refractivity contribution >= 4 is 38.9 Å². The lowest BCUT2D eigenvalue weighted by atomic mass is 10.1. The molecule has 1 heterocycles. The Hall–Kier alpha value is -1.13. The van der Waals surface area contributed by atoms with Crippen LogP contribution in [0.1, 0.15) is 20.8 Å². The molecular formula is C13H12BrNOS. The molecule has 1 N–H and O–H groups in total. The number of rotatable bonds is 2. The molecule has 17 heavy (non-hydrogen) atoms. The average Bonchev–Trinajstić information content (AvgIpc) is 2.68. The van der Waals surface area contributed by atoms with Crippen molar-refractivity contribution in [3.63, 3.8) is 0 Å². The number of hydrogen-bond acceptors (Lipinski definition) is 2. The van der Waals surface area contributed by atoms with Gasteiger partial charge in [0, 0.05) is 10.2 Å². The standard InChI is InChI=1S/C13H12BrNOS/c1-8-3-4-11(9(2)7-8)15-13(16)12-10(14)5-6-17-12/h3-7H,1-2H3,(H,15,16). The third-order valence-corrected chi connectivity index (χ3v) is 4.29. The van der Waals surface area contributed by atoms with Crippen LogP contribution < -0.4 is 5.32 Å². The summed E-state index contributed by atoms with van der Waals surface area (Å²) in [6.07, 6.45) is 0. The molecular weight excluding hydrogens is 298 g/mol. The number of amides is 1. The molecule has 4 heteroatoms. The first-order chi connectivity index (χ1) is 8.08. The largest absolute Gasteiger partial charge is 0.321 e. The van der Waals surface area contributed by atoms with Gasteiger partial charge in [-0.3, -0.25) is 4.79 Å². The number of carbonyl (C=O) groups is 1. The molecule has 0 fully saturated rings. The summed E-state index contributed by atoms with van der Waals surface area (Å²) in [6.45, 7) is 4.03. The Labute approximate surface area is 113 Å². The van der Waals surface area contributed by atoms with Crippen molar-refractivity contribution in [2.75, 3.05) is 5.32 Å². The van der Waals surface area contributed by atoms with Crippen LogP contribution in [-0.2, 0) is 0 Å². The molecule has 1 aromatic carbocycles. The Morgan fingerprint density at radius 3 is 2.65 bits per heavy atom. The molecule has 2 rings (SSSR count). The van der Waals surface area contributed by atoms with Gasteiger partial charge in [-0.15, -0.1) is 11.3 Å². The maximum absolute atomic E-state index is 12.0. The molecule has 2 nitrogen and oxygen atoms in total. The maximum Gasteiger partial charge on any atom is 0.266 e. The van der Waals surface area contributed by atoms with E-state index in [-0.39, 0.29) is 5.91 Å². The van der Waals surface area contributed by atoms with Crippen LogP contribution >= 0.6 is 27.3 Å². The molecule has 0 saturated carbocycles. The summed E-state index contributed by atoms with van der Waals surface area (Å²) in [5, 5.41) is 4.81. The molecule has 0 unspecified atom stereocenters. The van der Waals surface area contributed by atoms with E-state index in [4.69, 9.17) is 0 Å². The number of anilines is 1. The normalized spacial score (nSPS) is 10.3. The van der Waals surface area contributed by atoms with E-state index in [0.717, 1.165) is 15.7 Å². The monoisotopic (exact) mass is 309 g/mol. The van der Waals surface area contributed by atoms with E-state index in [2.05, 4.69) is 27.3 Å². The lowest BCUT2D eigenvalue weighted by molar-refractivity contribution is 0.103.